The van der Waals surface area contributed by atoms with E-state index in [-0.39, 0.29) is 11.8 Å². The highest BCUT2D eigenvalue weighted by molar-refractivity contribution is 7.12. The number of amides is 2. The van der Waals surface area contributed by atoms with E-state index in [4.69, 9.17) is 0 Å². The molecule has 2 amide bonds. The van der Waals surface area contributed by atoms with Crippen molar-refractivity contribution in [2.75, 3.05) is 13.1 Å². The molecule has 5 heteroatoms. The largest absolute Gasteiger partial charge is 0.341 e. The standard InChI is InChI=1S/C14H22N2O2S/c1-4-6-9-16(5-2)14(18)11(3)15-13(17)12-8-7-10-19-12/h7-8,10-11H,4-6,9H2,1-3H3,(H,15,17). The van der Waals surface area contributed by atoms with Crippen molar-refractivity contribution in [2.45, 2.75) is 39.7 Å². The predicted molar refractivity (Wildman–Crippen MR) is 78.4 cm³/mol. The van der Waals surface area contributed by atoms with Crippen LogP contribution in [0.3, 0.4) is 0 Å². The van der Waals surface area contributed by atoms with E-state index in [1.165, 1.54) is 11.3 Å². The van der Waals surface area contributed by atoms with Crippen molar-refractivity contribution in [2.24, 2.45) is 0 Å². The fourth-order valence-electron chi connectivity index (χ4n) is 1.78. The molecule has 1 aromatic rings. The first-order valence-electron chi connectivity index (χ1n) is 6.73. The molecule has 1 N–H and O–H groups in total. The first-order valence-corrected chi connectivity index (χ1v) is 7.61. The second-order valence-electron chi connectivity index (χ2n) is 4.44. The van der Waals surface area contributed by atoms with Crippen molar-refractivity contribution in [1.82, 2.24) is 10.2 Å². The van der Waals surface area contributed by atoms with Gasteiger partial charge in [0, 0.05) is 13.1 Å². The van der Waals surface area contributed by atoms with Gasteiger partial charge < -0.3 is 10.2 Å². The van der Waals surface area contributed by atoms with Crippen LogP contribution in [0.15, 0.2) is 17.5 Å². The van der Waals surface area contributed by atoms with Crippen LogP contribution in [0, 0.1) is 0 Å². The van der Waals surface area contributed by atoms with E-state index in [1.54, 1.807) is 17.9 Å². The number of nitrogens with zero attached hydrogens (tertiary/aromatic N) is 1. The van der Waals surface area contributed by atoms with Crippen LogP contribution in [0.25, 0.3) is 0 Å². The SMILES string of the molecule is CCCCN(CC)C(=O)C(C)NC(=O)c1cccs1. The first-order chi connectivity index (χ1) is 9.10. The Morgan fingerprint density at radius 1 is 1.42 bits per heavy atom. The highest BCUT2D eigenvalue weighted by atomic mass is 32.1. The second kappa shape index (κ2) is 7.94. The Kier molecular flexibility index (Phi) is 6.56. The van der Waals surface area contributed by atoms with Gasteiger partial charge in [-0.1, -0.05) is 19.4 Å². The average molecular weight is 282 g/mol. The molecule has 1 aromatic heterocycles. The number of carbonyl (C=O) groups excluding carboxylic acids is 2. The van der Waals surface area contributed by atoms with Gasteiger partial charge in [0.1, 0.15) is 6.04 Å². The number of nitrogens with one attached hydrogen (secondary N) is 1. The summed E-state index contributed by atoms with van der Waals surface area (Å²) in [5.74, 6) is -0.191. The maximum atomic E-state index is 12.2. The number of likely N-dealkylation sites (N-methyl/N-ethyl adjacent to an activating group) is 1. The van der Waals surface area contributed by atoms with Gasteiger partial charge in [-0.15, -0.1) is 11.3 Å². The van der Waals surface area contributed by atoms with E-state index >= 15 is 0 Å². The van der Waals surface area contributed by atoms with Crippen molar-refractivity contribution >= 4 is 23.2 Å². The quantitative estimate of drug-likeness (QED) is 0.835. The van der Waals surface area contributed by atoms with Crippen LogP contribution in [0.1, 0.15) is 43.3 Å². The Morgan fingerprint density at radius 3 is 2.68 bits per heavy atom. The molecule has 4 nitrogen and oxygen atoms in total. The van der Waals surface area contributed by atoms with Crippen molar-refractivity contribution < 1.29 is 9.59 Å². The number of hydrogen-bond acceptors (Lipinski definition) is 3. The molecule has 0 bridgehead atoms. The van der Waals surface area contributed by atoms with Crippen LogP contribution in [0.2, 0.25) is 0 Å². The summed E-state index contributed by atoms with van der Waals surface area (Å²) in [6.45, 7) is 7.23. The van der Waals surface area contributed by atoms with Gasteiger partial charge in [-0.25, -0.2) is 0 Å². The molecule has 0 fully saturated rings. The normalized spacial score (nSPS) is 11.9. The van der Waals surface area contributed by atoms with Crippen molar-refractivity contribution in [3.63, 3.8) is 0 Å². The molecule has 0 saturated carbocycles. The molecule has 106 valence electrons. The maximum absolute atomic E-state index is 12.2. The summed E-state index contributed by atoms with van der Waals surface area (Å²) < 4.78 is 0. The number of carbonyl (C=O) groups is 2. The fraction of sp³-hybridized carbons (Fsp3) is 0.571. The van der Waals surface area contributed by atoms with Gasteiger partial charge in [-0.3, -0.25) is 9.59 Å². The average Bonchev–Trinajstić information content (AvgIpc) is 2.93. The molecule has 0 aromatic carbocycles. The van der Waals surface area contributed by atoms with Gasteiger partial charge >= 0.3 is 0 Å². The highest BCUT2D eigenvalue weighted by Crippen LogP contribution is 2.08. The lowest BCUT2D eigenvalue weighted by molar-refractivity contribution is -0.132. The Hall–Kier alpha value is -1.36. The molecule has 0 aliphatic carbocycles. The minimum absolute atomic E-state index is 0.0131. The summed E-state index contributed by atoms with van der Waals surface area (Å²) >= 11 is 1.38. The van der Waals surface area contributed by atoms with E-state index in [1.807, 2.05) is 18.4 Å². The smallest absolute Gasteiger partial charge is 0.261 e. The van der Waals surface area contributed by atoms with E-state index < -0.39 is 6.04 Å². The molecule has 0 radical (unpaired) electrons. The predicted octanol–water partition coefficient (Wildman–Crippen LogP) is 2.52. The van der Waals surface area contributed by atoms with E-state index in [0.717, 1.165) is 19.4 Å². The van der Waals surface area contributed by atoms with Gasteiger partial charge in [0.15, 0.2) is 0 Å². The zero-order valence-corrected chi connectivity index (χ0v) is 12.6. The monoisotopic (exact) mass is 282 g/mol. The maximum Gasteiger partial charge on any atom is 0.261 e. The van der Waals surface area contributed by atoms with Gasteiger partial charge in [-0.05, 0) is 31.7 Å². The van der Waals surface area contributed by atoms with E-state index in [9.17, 15) is 9.59 Å². The molecule has 1 heterocycles. The fourth-order valence-corrected chi connectivity index (χ4v) is 2.41. The highest BCUT2D eigenvalue weighted by Gasteiger charge is 2.21. The Bertz CT molecular complexity index is 404. The third-order valence-electron chi connectivity index (χ3n) is 2.94. The zero-order chi connectivity index (χ0) is 14.3. The van der Waals surface area contributed by atoms with E-state index in [0.29, 0.717) is 11.4 Å². The van der Waals surface area contributed by atoms with Crippen LogP contribution >= 0.6 is 11.3 Å². The van der Waals surface area contributed by atoms with Gasteiger partial charge in [-0.2, -0.15) is 0 Å². The van der Waals surface area contributed by atoms with Crippen molar-refractivity contribution in [1.29, 1.82) is 0 Å². The van der Waals surface area contributed by atoms with Crippen LogP contribution in [-0.4, -0.2) is 35.8 Å². The molecule has 19 heavy (non-hydrogen) atoms. The summed E-state index contributed by atoms with van der Waals surface area (Å²) in [5, 5.41) is 4.60. The van der Waals surface area contributed by atoms with Crippen LogP contribution < -0.4 is 5.32 Å². The summed E-state index contributed by atoms with van der Waals surface area (Å²) in [6.07, 6.45) is 2.05. The summed E-state index contributed by atoms with van der Waals surface area (Å²) in [6, 6.07) is 3.10. The Labute approximate surface area is 118 Å². The number of hydrogen-bond donors (Lipinski definition) is 1. The van der Waals surface area contributed by atoms with Crippen LogP contribution in [0.5, 0.6) is 0 Å². The molecule has 0 aliphatic heterocycles. The van der Waals surface area contributed by atoms with Crippen LogP contribution in [-0.2, 0) is 4.79 Å². The van der Waals surface area contributed by atoms with Crippen LogP contribution in [0.4, 0.5) is 0 Å². The Balaban J connectivity index is 2.53. The lowest BCUT2D eigenvalue weighted by atomic mass is 10.2. The summed E-state index contributed by atoms with van der Waals surface area (Å²) in [4.78, 5) is 26.5. The van der Waals surface area contributed by atoms with Gasteiger partial charge in [0.25, 0.3) is 5.91 Å². The number of unbranched alkanes of at least 4 members (excludes halogenated alkanes) is 1. The molecular formula is C14H22N2O2S. The third kappa shape index (κ3) is 4.67. The summed E-state index contributed by atoms with van der Waals surface area (Å²) in [5.41, 5.74) is 0. The zero-order valence-electron chi connectivity index (χ0n) is 11.8. The van der Waals surface area contributed by atoms with Gasteiger partial charge in [0.2, 0.25) is 5.91 Å². The van der Waals surface area contributed by atoms with Crippen molar-refractivity contribution in [3.8, 4) is 0 Å². The minimum atomic E-state index is -0.480. The topological polar surface area (TPSA) is 49.4 Å². The third-order valence-corrected chi connectivity index (χ3v) is 3.81. The molecule has 1 atom stereocenters. The summed E-state index contributed by atoms with van der Waals surface area (Å²) in [7, 11) is 0. The second-order valence-corrected chi connectivity index (χ2v) is 5.39. The Morgan fingerprint density at radius 2 is 2.16 bits per heavy atom. The number of thiophene rings is 1. The molecular weight excluding hydrogens is 260 g/mol. The molecule has 1 unspecified atom stereocenters. The first kappa shape index (κ1) is 15.7. The van der Waals surface area contributed by atoms with E-state index in [2.05, 4.69) is 12.2 Å². The van der Waals surface area contributed by atoms with Crippen molar-refractivity contribution in [3.05, 3.63) is 22.4 Å². The minimum Gasteiger partial charge on any atom is -0.341 e. The molecule has 1 rings (SSSR count). The number of rotatable bonds is 7. The van der Waals surface area contributed by atoms with Gasteiger partial charge in [0.05, 0.1) is 4.88 Å². The lowest BCUT2D eigenvalue weighted by Gasteiger charge is -2.24. The molecule has 0 saturated heterocycles. The lowest BCUT2D eigenvalue weighted by Crippen LogP contribution is -2.47. The molecule has 0 aliphatic rings. The molecule has 0 spiro atoms.